The van der Waals surface area contributed by atoms with E-state index >= 15 is 0 Å². The summed E-state index contributed by atoms with van der Waals surface area (Å²) in [4.78, 5) is 12.7. The molecule has 0 saturated heterocycles. The quantitative estimate of drug-likeness (QED) is 0.567. The predicted octanol–water partition coefficient (Wildman–Crippen LogP) is 6.26. The molecule has 0 aliphatic rings. The van der Waals surface area contributed by atoms with E-state index in [1.165, 1.54) is 0 Å². The van der Waals surface area contributed by atoms with E-state index in [0.29, 0.717) is 5.56 Å². The highest BCUT2D eigenvalue weighted by Gasteiger charge is 2.19. The molecule has 0 saturated carbocycles. The van der Waals surface area contributed by atoms with Gasteiger partial charge in [0.2, 0.25) is 0 Å². The van der Waals surface area contributed by atoms with Crippen molar-refractivity contribution in [3.05, 3.63) is 82.4 Å². The first kappa shape index (κ1) is 21.1. The molecule has 0 bridgehead atoms. The van der Waals surface area contributed by atoms with E-state index in [2.05, 4.69) is 0 Å². The fourth-order valence-corrected chi connectivity index (χ4v) is 2.67. The molecule has 2 rings (SSSR count). The summed E-state index contributed by atoms with van der Waals surface area (Å²) in [6.07, 6.45) is -0.709. The van der Waals surface area contributed by atoms with Gasteiger partial charge in [-0.15, -0.1) is 11.1 Å². The summed E-state index contributed by atoms with van der Waals surface area (Å²) in [6, 6.07) is 18.5. The smallest absolute Gasteiger partial charge is 0.336 e. The Kier molecular flexibility index (Phi) is 6.79. The molecule has 4 nitrogen and oxygen atoms in total. The van der Waals surface area contributed by atoms with Crippen LogP contribution in [0.1, 0.15) is 63.5 Å². The van der Waals surface area contributed by atoms with Crippen LogP contribution in [0.3, 0.4) is 0 Å². The van der Waals surface area contributed by atoms with Crippen LogP contribution in [0.2, 0.25) is 0 Å². The zero-order chi connectivity index (χ0) is 20.1. The minimum Gasteiger partial charge on any atom is -0.649 e. The normalized spacial score (nSPS) is 14.4. The maximum Gasteiger partial charge on any atom is 0.336 e. The maximum atomic E-state index is 12.7. The molecule has 2 aromatic carbocycles. The van der Waals surface area contributed by atoms with Crippen molar-refractivity contribution in [1.82, 2.24) is 0 Å². The van der Waals surface area contributed by atoms with Crippen LogP contribution in [-0.4, -0.2) is 23.3 Å². The summed E-state index contributed by atoms with van der Waals surface area (Å²) in [6.45, 7) is 12.1. The Morgan fingerprint density at radius 2 is 1.26 bits per heavy atom. The van der Waals surface area contributed by atoms with Crippen LogP contribution < -0.4 is 0 Å². The van der Waals surface area contributed by atoms with Crippen LogP contribution >= 0.6 is 0 Å². The lowest BCUT2D eigenvalue weighted by molar-refractivity contribution is 0.0316. The molecule has 0 radical (unpaired) electrons. The molecule has 2 atom stereocenters. The van der Waals surface area contributed by atoms with Crippen molar-refractivity contribution in [2.24, 2.45) is 0 Å². The van der Waals surface area contributed by atoms with E-state index in [1.807, 2.05) is 90.1 Å². The Balaban J connectivity index is 2.36. The monoisotopic (exact) mass is 366 g/mol. The van der Waals surface area contributed by atoms with Gasteiger partial charge in [0.1, 0.15) is 0 Å². The molecular formula is C23H30N2O2-2. The number of carbonyl (C=O) groups is 1. The van der Waals surface area contributed by atoms with E-state index in [9.17, 15) is 4.79 Å². The highest BCUT2D eigenvalue weighted by molar-refractivity contribution is 5.89. The lowest BCUT2D eigenvalue weighted by Crippen LogP contribution is -2.33. The van der Waals surface area contributed by atoms with Crippen LogP contribution in [-0.2, 0) is 4.74 Å². The lowest BCUT2D eigenvalue weighted by atomic mass is 9.98. The minimum atomic E-state index is -0.709. The van der Waals surface area contributed by atoms with Gasteiger partial charge in [0.25, 0.3) is 0 Å². The number of benzene rings is 2. The van der Waals surface area contributed by atoms with Crippen molar-refractivity contribution in [2.75, 3.05) is 0 Å². The molecule has 4 heteroatoms. The predicted molar refractivity (Wildman–Crippen MR) is 111 cm³/mol. The van der Waals surface area contributed by atoms with E-state index in [-0.39, 0.29) is 17.1 Å². The number of rotatable bonds is 6. The van der Waals surface area contributed by atoms with E-state index in [0.717, 1.165) is 5.56 Å². The summed E-state index contributed by atoms with van der Waals surface area (Å²) in [7, 11) is 0. The van der Waals surface area contributed by atoms with Gasteiger partial charge in [-0.25, -0.2) is 4.79 Å². The first-order chi connectivity index (χ1) is 12.6. The Labute approximate surface area is 163 Å². The van der Waals surface area contributed by atoms with Gasteiger partial charge in [-0.3, -0.25) is 0 Å². The fraction of sp³-hybridized carbons (Fsp3) is 0.435. The second-order valence-electron chi connectivity index (χ2n) is 8.62. The maximum absolute atomic E-state index is 12.7. The Morgan fingerprint density at radius 1 is 0.778 bits per heavy atom. The number of hydrogen-bond donors (Lipinski definition) is 0. The van der Waals surface area contributed by atoms with Gasteiger partial charge >= 0.3 is 5.97 Å². The topological polar surface area (TPSA) is 54.5 Å². The molecule has 0 aliphatic heterocycles. The van der Waals surface area contributed by atoms with Crippen LogP contribution in [0.15, 0.2) is 60.7 Å². The van der Waals surface area contributed by atoms with Crippen molar-refractivity contribution in [2.45, 2.75) is 64.9 Å². The number of ether oxygens (including phenoxy) is 1. The van der Waals surface area contributed by atoms with Gasteiger partial charge in [-0.1, -0.05) is 102 Å². The molecule has 0 fully saturated rings. The number of nitrogens with zero attached hydrogens (tertiary/aromatic N) is 2. The molecule has 0 spiro atoms. The summed E-state index contributed by atoms with van der Waals surface area (Å²) in [5.41, 5.74) is 0.813. The van der Waals surface area contributed by atoms with Crippen molar-refractivity contribution in [3.63, 3.8) is 0 Å². The lowest BCUT2D eigenvalue weighted by Gasteiger charge is -2.55. The van der Waals surface area contributed by atoms with Crippen LogP contribution in [0.4, 0.5) is 0 Å². The zero-order valence-corrected chi connectivity index (χ0v) is 17.1. The molecule has 27 heavy (non-hydrogen) atoms. The van der Waals surface area contributed by atoms with Gasteiger partial charge in [-0.05, 0) is 12.1 Å². The van der Waals surface area contributed by atoms with Crippen molar-refractivity contribution in [3.8, 4) is 0 Å². The molecule has 0 amide bonds. The zero-order valence-electron chi connectivity index (χ0n) is 17.1. The second kappa shape index (κ2) is 8.68. The van der Waals surface area contributed by atoms with Gasteiger partial charge in [-0.2, -0.15) is 0 Å². The van der Waals surface area contributed by atoms with Crippen LogP contribution in [0.25, 0.3) is 10.6 Å². The third-order valence-corrected chi connectivity index (χ3v) is 3.69. The molecule has 0 aromatic heterocycles. The standard InChI is InChI=1S/C23H30N2O2/c1-22(2,3)24-19(17-13-9-7-10-14-17)20(25-23(4,5)6)27-21(26)18-15-11-8-12-16-18/h7-16,19-20H,1-6H3/q-2/t19-,20+/m1/s1. The van der Waals surface area contributed by atoms with Crippen LogP contribution in [0.5, 0.6) is 0 Å². The van der Waals surface area contributed by atoms with Gasteiger partial charge in [0.15, 0.2) is 0 Å². The number of hydrogen-bond acceptors (Lipinski definition) is 2. The molecule has 0 unspecified atom stereocenters. The summed E-state index contributed by atoms with van der Waals surface area (Å²) in [5.74, 6) is -0.390. The highest BCUT2D eigenvalue weighted by Crippen LogP contribution is 2.39. The van der Waals surface area contributed by atoms with Gasteiger partial charge in [0, 0.05) is 6.23 Å². The average Bonchev–Trinajstić information content (AvgIpc) is 2.59. The van der Waals surface area contributed by atoms with Crippen LogP contribution in [0, 0.1) is 0 Å². The highest BCUT2D eigenvalue weighted by atomic mass is 16.6. The Bertz CT molecular complexity index is 716. The SMILES string of the molecule is CC(C)(C)[N-][C@H](c1ccccc1)[C@@H]([N-]C(C)(C)C)OC(=O)c1ccccc1. The van der Waals surface area contributed by atoms with E-state index < -0.39 is 12.2 Å². The van der Waals surface area contributed by atoms with Gasteiger partial charge < -0.3 is 15.4 Å². The Morgan fingerprint density at radius 3 is 1.74 bits per heavy atom. The van der Waals surface area contributed by atoms with E-state index in [1.54, 1.807) is 12.1 Å². The van der Waals surface area contributed by atoms with Crippen molar-refractivity contribution >= 4 is 5.97 Å². The summed E-state index contributed by atoms with van der Waals surface area (Å²) >= 11 is 0. The molecule has 0 heterocycles. The first-order valence-corrected chi connectivity index (χ1v) is 9.30. The fourth-order valence-electron chi connectivity index (χ4n) is 2.67. The van der Waals surface area contributed by atoms with Crippen molar-refractivity contribution < 1.29 is 9.53 Å². The minimum absolute atomic E-state index is 0.300. The number of carbonyl (C=O) groups excluding carboxylic acids is 1. The summed E-state index contributed by atoms with van der Waals surface area (Å²) < 4.78 is 5.88. The average molecular weight is 367 g/mol. The van der Waals surface area contributed by atoms with Gasteiger partial charge in [0.05, 0.1) is 5.56 Å². The molecule has 0 N–H and O–H groups in total. The summed E-state index contributed by atoms with van der Waals surface area (Å²) in [5, 5.41) is 9.74. The number of esters is 1. The van der Waals surface area contributed by atoms with Crippen molar-refractivity contribution in [1.29, 1.82) is 0 Å². The molecular weight excluding hydrogens is 336 g/mol. The third kappa shape index (κ3) is 7.16. The molecule has 0 aliphatic carbocycles. The Hall–Kier alpha value is -2.17. The molecule has 146 valence electrons. The third-order valence-electron chi connectivity index (χ3n) is 3.69. The van der Waals surface area contributed by atoms with E-state index in [4.69, 9.17) is 15.4 Å². The second-order valence-corrected chi connectivity index (χ2v) is 8.62. The molecule has 2 aromatic rings. The first-order valence-electron chi connectivity index (χ1n) is 9.30. The largest absolute Gasteiger partial charge is 0.649 e.